The summed E-state index contributed by atoms with van der Waals surface area (Å²) in [6.07, 6.45) is 0. The van der Waals surface area contributed by atoms with Crippen LogP contribution in [-0.2, 0) is 4.79 Å². The Hall–Kier alpha value is -2.69. The highest BCUT2D eigenvalue weighted by atomic mass is 16.5. The number of hydrogen-bond donors (Lipinski definition) is 2. The number of carbonyl (C=O) groups is 1. The maximum absolute atomic E-state index is 11.7. The second-order valence-electron chi connectivity index (χ2n) is 4.36. The van der Waals surface area contributed by atoms with Gasteiger partial charge in [0.2, 0.25) is 0 Å². The van der Waals surface area contributed by atoms with E-state index in [0.29, 0.717) is 23.7 Å². The van der Waals surface area contributed by atoms with Crippen LogP contribution in [0.4, 0.5) is 11.4 Å². The van der Waals surface area contributed by atoms with E-state index in [1.165, 1.54) is 0 Å². The fraction of sp³-hybridized carbons (Fsp3) is 0.188. The predicted octanol–water partition coefficient (Wildman–Crippen LogP) is 2.69. The summed E-state index contributed by atoms with van der Waals surface area (Å²) in [6, 6.07) is 14.1. The number of benzene rings is 2. The van der Waals surface area contributed by atoms with Gasteiger partial charge in [-0.05, 0) is 55.5 Å². The summed E-state index contributed by atoms with van der Waals surface area (Å²) >= 11 is 0. The van der Waals surface area contributed by atoms with Crippen molar-refractivity contribution in [3.8, 4) is 11.5 Å². The third-order valence-electron chi connectivity index (χ3n) is 2.70. The van der Waals surface area contributed by atoms with E-state index in [0.717, 1.165) is 5.75 Å². The highest BCUT2D eigenvalue weighted by Gasteiger charge is 2.04. The molecule has 1 amide bonds. The Morgan fingerprint density at radius 1 is 1.00 bits per heavy atom. The van der Waals surface area contributed by atoms with Crippen molar-refractivity contribution >= 4 is 17.3 Å². The number of hydrogen-bond acceptors (Lipinski definition) is 4. The van der Waals surface area contributed by atoms with Gasteiger partial charge in [0, 0.05) is 11.4 Å². The second-order valence-corrected chi connectivity index (χ2v) is 4.36. The van der Waals surface area contributed by atoms with Gasteiger partial charge >= 0.3 is 0 Å². The van der Waals surface area contributed by atoms with E-state index in [9.17, 15) is 4.79 Å². The van der Waals surface area contributed by atoms with E-state index in [2.05, 4.69) is 5.32 Å². The van der Waals surface area contributed by atoms with Gasteiger partial charge in [0.15, 0.2) is 6.61 Å². The molecule has 0 aromatic heterocycles. The van der Waals surface area contributed by atoms with Crippen molar-refractivity contribution in [3.05, 3.63) is 48.5 Å². The van der Waals surface area contributed by atoms with Crippen LogP contribution in [0.3, 0.4) is 0 Å². The van der Waals surface area contributed by atoms with Crippen molar-refractivity contribution in [3.63, 3.8) is 0 Å². The first-order chi connectivity index (χ1) is 10.2. The molecular formula is C16H18N2O3. The van der Waals surface area contributed by atoms with E-state index in [4.69, 9.17) is 15.2 Å². The first-order valence-corrected chi connectivity index (χ1v) is 6.68. The SMILES string of the molecule is CCOc1ccc(OCC(=O)Nc2ccc(N)cc2)cc1. The third kappa shape index (κ3) is 4.72. The smallest absolute Gasteiger partial charge is 0.262 e. The van der Waals surface area contributed by atoms with Gasteiger partial charge in [0.1, 0.15) is 11.5 Å². The number of ether oxygens (including phenoxy) is 2. The maximum Gasteiger partial charge on any atom is 0.262 e. The molecule has 0 heterocycles. The Morgan fingerprint density at radius 3 is 2.14 bits per heavy atom. The fourth-order valence-corrected chi connectivity index (χ4v) is 1.71. The van der Waals surface area contributed by atoms with E-state index in [1.54, 1.807) is 48.5 Å². The molecule has 110 valence electrons. The van der Waals surface area contributed by atoms with Crippen molar-refractivity contribution in [1.82, 2.24) is 0 Å². The van der Waals surface area contributed by atoms with Crippen molar-refractivity contribution in [2.45, 2.75) is 6.92 Å². The third-order valence-corrected chi connectivity index (χ3v) is 2.70. The first kappa shape index (κ1) is 14.7. The molecule has 0 fully saturated rings. The molecule has 2 rings (SSSR count). The molecule has 0 aliphatic carbocycles. The van der Waals surface area contributed by atoms with E-state index >= 15 is 0 Å². The summed E-state index contributed by atoms with van der Waals surface area (Å²) in [6.45, 7) is 2.48. The lowest BCUT2D eigenvalue weighted by molar-refractivity contribution is -0.118. The number of carbonyl (C=O) groups excluding carboxylic acids is 1. The Kier molecular flexibility index (Phi) is 5.04. The lowest BCUT2D eigenvalue weighted by Gasteiger charge is -2.08. The number of amides is 1. The van der Waals surface area contributed by atoms with Crippen LogP contribution in [0.1, 0.15) is 6.92 Å². The van der Waals surface area contributed by atoms with E-state index in [1.807, 2.05) is 6.92 Å². The summed E-state index contributed by atoms with van der Waals surface area (Å²) in [5.74, 6) is 1.16. The number of nitrogen functional groups attached to an aromatic ring is 1. The van der Waals surface area contributed by atoms with E-state index in [-0.39, 0.29) is 12.5 Å². The average molecular weight is 286 g/mol. The van der Waals surface area contributed by atoms with Gasteiger partial charge < -0.3 is 20.5 Å². The van der Waals surface area contributed by atoms with Gasteiger partial charge in [-0.25, -0.2) is 0 Å². The second kappa shape index (κ2) is 7.19. The Labute approximate surface area is 123 Å². The minimum atomic E-state index is -0.228. The summed E-state index contributed by atoms with van der Waals surface area (Å²) in [5.41, 5.74) is 6.91. The molecule has 0 saturated carbocycles. The molecule has 0 unspecified atom stereocenters. The minimum absolute atomic E-state index is 0.0572. The predicted molar refractivity (Wildman–Crippen MR) is 82.6 cm³/mol. The minimum Gasteiger partial charge on any atom is -0.494 e. The lowest BCUT2D eigenvalue weighted by Crippen LogP contribution is -2.20. The van der Waals surface area contributed by atoms with Gasteiger partial charge in [-0.2, -0.15) is 0 Å². The molecule has 0 aliphatic heterocycles. The molecule has 21 heavy (non-hydrogen) atoms. The summed E-state index contributed by atoms with van der Waals surface area (Å²) in [5, 5.41) is 2.73. The molecule has 0 radical (unpaired) electrons. The molecule has 0 atom stereocenters. The monoisotopic (exact) mass is 286 g/mol. The quantitative estimate of drug-likeness (QED) is 0.801. The number of anilines is 2. The molecule has 0 spiro atoms. The fourth-order valence-electron chi connectivity index (χ4n) is 1.71. The van der Waals surface area contributed by atoms with Crippen LogP contribution in [0.2, 0.25) is 0 Å². The van der Waals surface area contributed by atoms with Gasteiger partial charge in [-0.1, -0.05) is 0 Å². The van der Waals surface area contributed by atoms with Crippen LogP contribution >= 0.6 is 0 Å². The zero-order chi connectivity index (χ0) is 15.1. The molecule has 0 aliphatic rings. The zero-order valence-corrected chi connectivity index (χ0v) is 11.8. The molecule has 5 heteroatoms. The largest absolute Gasteiger partial charge is 0.494 e. The summed E-state index contributed by atoms with van der Waals surface area (Å²) in [7, 11) is 0. The van der Waals surface area contributed by atoms with Crippen LogP contribution in [0.25, 0.3) is 0 Å². The highest BCUT2D eigenvalue weighted by Crippen LogP contribution is 2.17. The zero-order valence-electron chi connectivity index (χ0n) is 11.8. The standard InChI is InChI=1S/C16H18N2O3/c1-2-20-14-7-9-15(10-8-14)21-11-16(19)18-13-5-3-12(17)4-6-13/h3-10H,2,11,17H2,1H3,(H,18,19). The van der Waals surface area contributed by atoms with Gasteiger partial charge in [-0.3, -0.25) is 4.79 Å². The van der Waals surface area contributed by atoms with Crippen molar-refractivity contribution in [2.24, 2.45) is 0 Å². The molecule has 2 aromatic carbocycles. The van der Waals surface area contributed by atoms with Gasteiger partial charge in [0.05, 0.1) is 6.61 Å². The van der Waals surface area contributed by atoms with Gasteiger partial charge in [-0.15, -0.1) is 0 Å². The molecule has 2 aromatic rings. The van der Waals surface area contributed by atoms with Crippen LogP contribution < -0.4 is 20.5 Å². The van der Waals surface area contributed by atoms with Crippen LogP contribution in [0.15, 0.2) is 48.5 Å². The topological polar surface area (TPSA) is 73.6 Å². The van der Waals surface area contributed by atoms with Crippen molar-refractivity contribution < 1.29 is 14.3 Å². The highest BCUT2D eigenvalue weighted by molar-refractivity contribution is 5.92. The first-order valence-electron chi connectivity index (χ1n) is 6.68. The van der Waals surface area contributed by atoms with Gasteiger partial charge in [0.25, 0.3) is 5.91 Å². The van der Waals surface area contributed by atoms with Crippen molar-refractivity contribution in [1.29, 1.82) is 0 Å². The van der Waals surface area contributed by atoms with Crippen LogP contribution in [0.5, 0.6) is 11.5 Å². The Bertz CT molecular complexity index is 579. The molecule has 5 nitrogen and oxygen atoms in total. The summed E-state index contributed by atoms with van der Waals surface area (Å²) in [4.78, 5) is 11.7. The average Bonchev–Trinajstić information content (AvgIpc) is 2.49. The molecule has 0 bridgehead atoms. The number of rotatable bonds is 6. The Morgan fingerprint density at radius 2 is 1.57 bits per heavy atom. The van der Waals surface area contributed by atoms with Crippen molar-refractivity contribution in [2.75, 3.05) is 24.3 Å². The lowest BCUT2D eigenvalue weighted by atomic mass is 10.3. The van der Waals surface area contributed by atoms with Crippen LogP contribution in [0, 0.1) is 0 Å². The normalized spacial score (nSPS) is 9.95. The van der Waals surface area contributed by atoms with E-state index < -0.39 is 0 Å². The molecule has 0 saturated heterocycles. The maximum atomic E-state index is 11.7. The number of nitrogens with two attached hydrogens (primary N) is 1. The number of nitrogens with one attached hydrogen (secondary N) is 1. The molecule has 3 N–H and O–H groups in total. The van der Waals surface area contributed by atoms with Crippen LogP contribution in [-0.4, -0.2) is 19.1 Å². The summed E-state index contributed by atoms with van der Waals surface area (Å²) < 4.78 is 10.7. The Balaban J connectivity index is 1.81. The molecular weight excluding hydrogens is 268 g/mol.